The molecule has 1 aromatic heterocycles. The fourth-order valence-corrected chi connectivity index (χ4v) is 0.902. The van der Waals surface area contributed by atoms with E-state index < -0.39 is 30.9 Å². The Balaban J connectivity index is 2.97. The van der Waals surface area contributed by atoms with Crippen LogP contribution in [0.15, 0.2) is 6.07 Å². The van der Waals surface area contributed by atoms with Gasteiger partial charge in [0, 0.05) is 13.1 Å². The van der Waals surface area contributed by atoms with Crippen molar-refractivity contribution in [1.29, 1.82) is 0 Å². The number of halogens is 5. The Morgan fingerprint density at radius 3 is 2.47 bits per heavy atom. The Morgan fingerprint density at radius 1 is 1.35 bits per heavy atom. The first-order chi connectivity index (χ1) is 7.82. The third-order valence-corrected chi connectivity index (χ3v) is 1.57. The van der Waals surface area contributed by atoms with Crippen LogP contribution in [0.3, 0.4) is 0 Å². The van der Waals surface area contributed by atoms with Crippen molar-refractivity contribution in [3.63, 3.8) is 0 Å². The number of nitrogens with one attached hydrogen (secondary N) is 1. The number of hydrogen-bond donors (Lipinski definition) is 1. The van der Waals surface area contributed by atoms with E-state index in [1.165, 1.54) is 7.05 Å². The van der Waals surface area contributed by atoms with Crippen LogP contribution < -0.4 is 10.1 Å². The first kappa shape index (κ1) is 13.4. The SMILES string of the molecule is CNc1cc(OCC(F)F)nc(C(F)(F)F)n1. The number of anilines is 1. The smallest absolute Gasteiger partial charge is 0.451 e. The number of alkyl halides is 5. The molecule has 0 aliphatic rings. The highest BCUT2D eigenvalue weighted by Crippen LogP contribution is 2.28. The first-order valence-corrected chi connectivity index (χ1v) is 4.38. The highest BCUT2D eigenvalue weighted by Gasteiger charge is 2.35. The zero-order valence-electron chi connectivity index (χ0n) is 8.55. The second-order valence-electron chi connectivity index (χ2n) is 2.86. The van der Waals surface area contributed by atoms with Crippen LogP contribution >= 0.6 is 0 Å². The van der Waals surface area contributed by atoms with E-state index in [1.54, 1.807) is 0 Å². The molecule has 1 heterocycles. The number of aromatic nitrogens is 2. The van der Waals surface area contributed by atoms with Crippen LogP contribution in [0.2, 0.25) is 0 Å². The van der Waals surface area contributed by atoms with Crippen molar-refractivity contribution in [2.75, 3.05) is 19.0 Å². The average Bonchev–Trinajstić information content (AvgIpc) is 2.24. The minimum absolute atomic E-state index is 0.170. The predicted octanol–water partition coefficient (Wildman–Crippen LogP) is 2.18. The molecule has 0 saturated carbocycles. The van der Waals surface area contributed by atoms with Crippen LogP contribution in [0, 0.1) is 0 Å². The zero-order chi connectivity index (χ0) is 13.1. The van der Waals surface area contributed by atoms with Crippen LogP contribution in [-0.4, -0.2) is 30.0 Å². The van der Waals surface area contributed by atoms with Gasteiger partial charge < -0.3 is 10.1 Å². The largest absolute Gasteiger partial charge is 0.471 e. The van der Waals surface area contributed by atoms with Crippen molar-refractivity contribution in [1.82, 2.24) is 9.97 Å². The molecule has 0 aliphatic carbocycles. The maximum Gasteiger partial charge on any atom is 0.451 e. The molecule has 0 unspecified atom stereocenters. The molecule has 96 valence electrons. The van der Waals surface area contributed by atoms with Gasteiger partial charge in [-0.05, 0) is 0 Å². The molecule has 0 saturated heterocycles. The van der Waals surface area contributed by atoms with E-state index >= 15 is 0 Å². The molecular weight excluding hydrogens is 249 g/mol. The fourth-order valence-electron chi connectivity index (χ4n) is 0.902. The summed E-state index contributed by atoms with van der Waals surface area (Å²) in [5.74, 6) is -2.18. The molecule has 0 aliphatic heterocycles. The van der Waals surface area contributed by atoms with Crippen LogP contribution in [0.5, 0.6) is 5.88 Å². The van der Waals surface area contributed by atoms with Crippen molar-refractivity contribution >= 4 is 5.82 Å². The molecular formula is C8H8F5N3O. The van der Waals surface area contributed by atoms with E-state index in [-0.39, 0.29) is 5.82 Å². The van der Waals surface area contributed by atoms with Gasteiger partial charge >= 0.3 is 6.18 Å². The van der Waals surface area contributed by atoms with Gasteiger partial charge in [0.2, 0.25) is 11.7 Å². The van der Waals surface area contributed by atoms with Crippen molar-refractivity contribution in [3.05, 3.63) is 11.9 Å². The first-order valence-electron chi connectivity index (χ1n) is 4.38. The highest BCUT2D eigenvalue weighted by molar-refractivity contribution is 5.38. The summed E-state index contributed by atoms with van der Waals surface area (Å²) < 4.78 is 65.0. The Bertz CT molecular complexity index is 382. The van der Waals surface area contributed by atoms with Gasteiger partial charge in [-0.1, -0.05) is 0 Å². The number of ether oxygens (including phenoxy) is 1. The van der Waals surface area contributed by atoms with E-state index in [0.29, 0.717) is 0 Å². The summed E-state index contributed by atoms with van der Waals surface area (Å²) in [6.07, 6.45) is -7.56. The lowest BCUT2D eigenvalue weighted by Gasteiger charge is -2.10. The summed E-state index contributed by atoms with van der Waals surface area (Å²) in [6.45, 7) is -1.03. The summed E-state index contributed by atoms with van der Waals surface area (Å²) in [7, 11) is 1.33. The van der Waals surface area contributed by atoms with Gasteiger partial charge in [0.05, 0.1) is 0 Å². The molecule has 17 heavy (non-hydrogen) atoms. The second kappa shape index (κ2) is 5.11. The number of rotatable bonds is 4. The molecule has 0 bridgehead atoms. The number of hydrogen-bond acceptors (Lipinski definition) is 4. The lowest BCUT2D eigenvalue weighted by Crippen LogP contribution is -2.15. The van der Waals surface area contributed by atoms with Crippen molar-refractivity contribution < 1.29 is 26.7 Å². The monoisotopic (exact) mass is 257 g/mol. The van der Waals surface area contributed by atoms with E-state index in [1.807, 2.05) is 0 Å². The normalized spacial score (nSPS) is 11.7. The minimum atomic E-state index is -4.77. The molecule has 4 nitrogen and oxygen atoms in total. The minimum Gasteiger partial charge on any atom is -0.471 e. The van der Waals surface area contributed by atoms with Gasteiger partial charge in [0.25, 0.3) is 6.43 Å². The molecule has 1 rings (SSSR count). The van der Waals surface area contributed by atoms with Crippen LogP contribution in [0.1, 0.15) is 5.82 Å². The predicted molar refractivity (Wildman–Crippen MR) is 48.1 cm³/mol. The molecule has 9 heteroatoms. The zero-order valence-corrected chi connectivity index (χ0v) is 8.55. The van der Waals surface area contributed by atoms with Crippen molar-refractivity contribution in [2.24, 2.45) is 0 Å². The van der Waals surface area contributed by atoms with E-state index in [2.05, 4.69) is 20.0 Å². The molecule has 0 fully saturated rings. The van der Waals surface area contributed by atoms with Gasteiger partial charge in [0.1, 0.15) is 5.82 Å². The van der Waals surface area contributed by atoms with Crippen LogP contribution in [0.4, 0.5) is 27.8 Å². The summed E-state index contributed by atoms with van der Waals surface area (Å²) in [6, 6.07) is 0.998. The molecule has 0 radical (unpaired) electrons. The van der Waals surface area contributed by atoms with Gasteiger partial charge in [-0.15, -0.1) is 0 Å². The van der Waals surface area contributed by atoms with E-state index in [0.717, 1.165) is 6.07 Å². The second-order valence-corrected chi connectivity index (χ2v) is 2.86. The Hall–Kier alpha value is -1.67. The van der Waals surface area contributed by atoms with E-state index in [4.69, 9.17) is 0 Å². The summed E-state index contributed by atoms with van der Waals surface area (Å²) in [5, 5.41) is 2.35. The van der Waals surface area contributed by atoms with Crippen molar-refractivity contribution in [3.8, 4) is 5.88 Å². The van der Waals surface area contributed by atoms with Gasteiger partial charge in [-0.25, -0.2) is 13.8 Å². The van der Waals surface area contributed by atoms with Crippen molar-refractivity contribution in [2.45, 2.75) is 12.6 Å². The quantitative estimate of drug-likeness (QED) is 0.840. The topological polar surface area (TPSA) is 47.0 Å². The molecule has 1 N–H and O–H groups in total. The summed E-state index contributed by atoms with van der Waals surface area (Å²) >= 11 is 0. The third-order valence-electron chi connectivity index (χ3n) is 1.57. The molecule has 0 amide bonds. The van der Waals surface area contributed by atoms with Gasteiger partial charge in [0.15, 0.2) is 6.61 Å². The van der Waals surface area contributed by atoms with Gasteiger partial charge in [-0.2, -0.15) is 18.2 Å². The average molecular weight is 257 g/mol. The lowest BCUT2D eigenvalue weighted by molar-refractivity contribution is -0.145. The molecule has 0 atom stereocenters. The Kier molecular flexibility index (Phi) is 4.02. The Morgan fingerprint density at radius 2 is 2.00 bits per heavy atom. The molecule has 0 aromatic carbocycles. The molecule has 1 aromatic rings. The summed E-state index contributed by atoms with van der Waals surface area (Å²) in [4.78, 5) is 6.13. The highest BCUT2D eigenvalue weighted by atomic mass is 19.4. The maximum absolute atomic E-state index is 12.3. The lowest BCUT2D eigenvalue weighted by atomic mass is 10.5. The summed E-state index contributed by atoms with van der Waals surface area (Å²) in [5.41, 5.74) is 0. The standard InChI is InChI=1S/C8H8F5N3O/c1-14-5-2-6(17-3-4(9)10)16-7(15-5)8(11,12)13/h2,4H,3H2,1H3,(H,14,15,16). The van der Waals surface area contributed by atoms with Crippen LogP contribution in [0.25, 0.3) is 0 Å². The van der Waals surface area contributed by atoms with Crippen LogP contribution in [-0.2, 0) is 6.18 Å². The third kappa shape index (κ3) is 4.00. The maximum atomic E-state index is 12.3. The molecule has 0 spiro atoms. The Labute approximate surface area is 92.8 Å². The number of nitrogens with zero attached hydrogens (tertiary/aromatic N) is 2. The van der Waals surface area contributed by atoms with E-state index in [9.17, 15) is 22.0 Å². The fraction of sp³-hybridized carbons (Fsp3) is 0.500. The van der Waals surface area contributed by atoms with Gasteiger partial charge in [-0.3, -0.25) is 0 Å².